The van der Waals surface area contributed by atoms with E-state index >= 15 is 0 Å². The summed E-state index contributed by atoms with van der Waals surface area (Å²) in [5, 5.41) is 15.9. The number of aliphatic carboxylic acids is 1. The molecule has 1 unspecified atom stereocenters. The molecule has 0 bridgehead atoms. The zero-order valence-corrected chi connectivity index (χ0v) is 15.3. The number of nitrogens with zero attached hydrogens (tertiary/aromatic N) is 2. The number of hydrogen-bond donors (Lipinski definition) is 2. The number of carbonyl (C=O) groups is 2. The van der Waals surface area contributed by atoms with Crippen LogP contribution in [-0.4, -0.2) is 39.1 Å². The molecule has 1 aromatic carbocycles. The minimum absolute atomic E-state index is 0.346. The van der Waals surface area contributed by atoms with E-state index in [0.717, 1.165) is 4.90 Å². The fraction of sp³-hybridized carbons (Fsp3) is 0.353. The lowest BCUT2D eigenvalue weighted by Gasteiger charge is -2.19. The molecule has 0 radical (unpaired) electrons. The molecule has 1 atom stereocenters. The second-order valence-corrected chi connectivity index (χ2v) is 6.84. The van der Waals surface area contributed by atoms with Gasteiger partial charge in [0.15, 0.2) is 11.6 Å². The molecule has 1 heterocycles. The largest absolute Gasteiger partial charge is 0.481 e. The van der Waals surface area contributed by atoms with Crippen LogP contribution < -0.4 is 10.1 Å². The second kappa shape index (κ2) is 7.60. The summed E-state index contributed by atoms with van der Waals surface area (Å²) in [6.45, 7) is 4.69. The number of amides is 1. The Morgan fingerprint density at radius 2 is 1.96 bits per heavy atom. The fourth-order valence-corrected chi connectivity index (χ4v) is 2.36. The quantitative estimate of drug-likeness (QED) is 0.735. The minimum atomic E-state index is -1.20. The van der Waals surface area contributed by atoms with E-state index in [1.165, 1.54) is 30.9 Å². The molecular formula is C17H21N3O4S. The Morgan fingerprint density at radius 1 is 1.32 bits per heavy atom. The second-order valence-electron chi connectivity index (χ2n) is 5.96. The average Bonchev–Trinajstić information content (AvgIpc) is 3.04. The first kappa shape index (κ1) is 18.9. The number of benzene rings is 1. The molecule has 2 rings (SSSR count). The molecule has 0 fully saturated rings. The number of rotatable bonds is 7. The molecule has 0 aliphatic heterocycles. The summed E-state index contributed by atoms with van der Waals surface area (Å²) in [5.41, 5.74) is -0.795. The van der Waals surface area contributed by atoms with Gasteiger partial charge in [-0.05, 0) is 51.3 Å². The number of carboxylic acid groups (broad SMARTS) is 1. The molecule has 2 aromatic rings. The number of ether oxygens (including phenoxy) is 1. The normalized spacial score (nSPS) is 12.5. The number of nitrogens with one attached hydrogen (secondary N) is 1. The average molecular weight is 363 g/mol. The molecule has 0 saturated carbocycles. The van der Waals surface area contributed by atoms with Gasteiger partial charge >= 0.3 is 5.97 Å². The molecule has 0 saturated heterocycles. The summed E-state index contributed by atoms with van der Waals surface area (Å²) in [6.07, 6.45) is 4.16. The Hall–Kier alpha value is -2.48. The number of carboxylic acids is 1. The van der Waals surface area contributed by atoms with Crippen molar-refractivity contribution in [3.63, 3.8) is 0 Å². The fourth-order valence-electron chi connectivity index (χ4n) is 1.95. The molecule has 8 heteroatoms. The Morgan fingerprint density at radius 3 is 2.52 bits per heavy atom. The van der Waals surface area contributed by atoms with Crippen molar-refractivity contribution in [2.24, 2.45) is 0 Å². The van der Waals surface area contributed by atoms with Crippen LogP contribution in [-0.2, 0) is 15.1 Å². The maximum absolute atomic E-state index is 12.2. The maximum Gasteiger partial charge on any atom is 0.331 e. The zero-order chi connectivity index (χ0) is 18.6. The molecule has 2 N–H and O–H groups in total. The first-order valence-electron chi connectivity index (χ1n) is 7.64. The van der Waals surface area contributed by atoms with Gasteiger partial charge in [0.1, 0.15) is 5.75 Å². The topological polar surface area (TPSA) is 93.5 Å². The summed E-state index contributed by atoms with van der Waals surface area (Å²) in [6, 6.07) is 7.46. The smallest absolute Gasteiger partial charge is 0.331 e. The summed E-state index contributed by atoms with van der Waals surface area (Å²) < 4.78 is 6.91. The van der Waals surface area contributed by atoms with Gasteiger partial charge in [0.2, 0.25) is 0 Å². The lowest BCUT2D eigenvalue weighted by molar-refractivity contribution is -0.146. The SMILES string of the molecule is CSc1ccc(OC(C)C(=O)Nc2cnn(C(C)(C)C(=O)O)c2)cc1. The Bertz CT molecular complexity index is 756. The van der Waals surface area contributed by atoms with Gasteiger partial charge in [-0.2, -0.15) is 5.10 Å². The molecule has 25 heavy (non-hydrogen) atoms. The predicted molar refractivity (Wildman–Crippen MR) is 96.1 cm³/mol. The van der Waals surface area contributed by atoms with Crippen molar-refractivity contribution in [2.75, 3.05) is 11.6 Å². The van der Waals surface area contributed by atoms with Crippen LogP contribution >= 0.6 is 11.8 Å². The molecular weight excluding hydrogens is 342 g/mol. The molecule has 0 aliphatic rings. The highest BCUT2D eigenvalue weighted by Crippen LogP contribution is 2.21. The van der Waals surface area contributed by atoms with Gasteiger partial charge in [0.25, 0.3) is 5.91 Å². The van der Waals surface area contributed by atoms with E-state index in [-0.39, 0.29) is 5.91 Å². The van der Waals surface area contributed by atoms with Gasteiger partial charge in [0.05, 0.1) is 11.9 Å². The lowest BCUT2D eigenvalue weighted by atomic mass is 10.1. The first-order chi connectivity index (χ1) is 11.7. The molecule has 134 valence electrons. The van der Waals surface area contributed by atoms with Crippen LogP contribution in [0.2, 0.25) is 0 Å². The van der Waals surface area contributed by atoms with Crippen LogP contribution in [0.4, 0.5) is 5.69 Å². The number of carbonyl (C=O) groups excluding carboxylic acids is 1. The van der Waals surface area contributed by atoms with Crippen molar-refractivity contribution in [1.29, 1.82) is 0 Å². The lowest BCUT2D eigenvalue weighted by Crippen LogP contribution is -2.36. The molecule has 0 aliphatic carbocycles. The van der Waals surface area contributed by atoms with Crippen LogP contribution in [0.15, 0.2) is 41.6 Å². The standard InChI is InChI=1S/C17H21N3O4S/c1-11(24-13-5-7-14(25-4)8-6-13)15(21)19-12-9-18-20(10-12)17(2,3)16(22)23/h5-11H,1-4H3,(H,19,21)(H,22,23). The van der Waals surface area contributed by atoms with Crippen molar-refractivity contribution in [1.82, 2.24) is 9.78 Å². The van der Waals surface area contributed by atoms with Gasteiger partial charge in [-0.25, -0.2) is 4.79 Å². The number of thioether (sulfide) groups is 1. The first-order valence-corrected chi connectivity index (χ1v) is 8.86. The van der Waals surface area contributed by atoms with Crippen LogP contribution in [0.5, 0.6) is 5.75 Å². The van der Waals surface area contributed by atoms with Gasteiger partial charge in [-0.3, -0.25) is 9.48 Å². The highest BCUT2D eigenvalue weighted by atomic mass is 32.2. The predicted octanol–water partition coefficient (Wildman–Crippen LogP) is 2.83. The van der Waals surface area contributed by atoms with Gasteiger partial charge in [0, 0.05) is 11.1 Å². The summed E-state index contributed by atoms with van der Waals surface area (Å²) >= 11 is 1.62. The number of aromatic nitrogens is 2. The number of anilines is 1. The van der Waals surface area contributed by atoms with E-state index in [1.807, 2.05) is 30.5 Å². The Kier molecular flexibility index (Phi) is 5.73. The Labute approximate surface area is 150 Å². The van der Waals surface area contributed by atoms with Gasteiger partial charge < -0.3 is 15.2 Å². The van der Waals surface area contributed by atoms with E-state index < -0.39 is 17.6 Å². The van der Waals surface area contributed by atoms with Crippen LogP contribution in [0.3, 0.4) is 0 Å². The van der Waals surface area contributed by atoms with E-state index in [0.29, 0.717) is 11.4 Å². The third kappa shape index (κ3) is 4.54. The van der Waals surface area contributed by atoms with Crippen LogP contribution in [0.25, 0.3) is 0 Å². The summed E-state index contributed by atoms with van der Waals surface area (Å²) in [5.74, 6) is -0.761. The monoisotopic (exact) mass is 363 g/mol. The van der Waals surface area contributed by atoms with E-state index in [9.17, 15) is 14.7 Å². The van der Waals surface area contributed by atoms with Crippen LogP contribution in [0.1, 0.15) is 20.8 Å². The van der Waals surface area contributed by atoms with Crippen molar-refractivity contribution in [3.8, 4) is 5.75 Å². The van der Waals surface area contributed by atoms with E-state index in [4.69, 9.17) is 4.74 Å². The minimum Gasteiger partial charge on any atom is -0.481 e. The summed E-state index contributed by atoms with van der Waals surface area (Å²) in [4.78, 5) is 24.6. The van der Waals surface area contributed by atoms with Gasteiger partial charge in [-0.1, -0.05) is 0 Å². The zero-order valence-electron chi connectivity index (χ0n) is 14.5. The third-order valence-corrected chi connectivity index (χ3v) is 4.43. The van der Waals surface area contributed by atoms with Crippen LogP contribution in [0, 0.1) is 0 Å². The highest BCUT2D eigenvalue weighted by molar-refractivity contribution is 7.98. The van der Waals surface area contributed by atoms with Crippen molar-refractivity contribution >= 4 is 29.3 Å². The third-order valence-electron chi connectivity index (χ3n) is 3.69. The Balaban J connectivity index is 1.99. The summed E-state index contributed by atoms with van der Waals surface area (Å²) in [7, 11) is 0. The van der Waals surface area contributed by atoms with E-state index in [1.54, 1.807) is 18.7 Å². The van der Waals surface area contributed by atoms with Crippen molar-refractivity contribution in [3.05, 3.63) is 36.7 Å². The number of hydrogen-bond acceptors (Lipinski definition) is 5. The molecule has 1 amide bonds. The maximum atomic E-state index is 12.2. The van der Waals surface area contributed by atoms with Gasteiger partial charge in [-0.15, -0.1) is 11.8 Å². The molecule has 1 aromatic heterocycles. The molecule has 7 nitrogen and oxygen atoms in total. The van der Waals surface area contributed by atoms with E-state index in [2.05, 4.69) is 10.4 Å². The highest BCUT2D eigenvalue weighted by Gasteiger charge is 2.30. The van der Waals surface area contributed by atoms with Crippen molar-refractivity contribution < 1.29 is 19.4 Å². The van der Waals surface area contributed by atoms with Crippen molar-refractivity contribution in [2.45, 2.75) is 37.3 Å². The molecule has 0 spiro atoms.